The molecule has 1 amide bonds. The molecule has 19 heavy (non-hydrogen) atoms. The van der Waals surface area contributed by atoms with Crippen LogP contribution in [0.15, 0.2) is 48.8 Å². The molecule has 0 aliphatic carbocycles. The van der Waals surface area contributed by atoms with Gasteiger partial charge in [-0.25, -0.2) is 4.79 Å². The number of nitrogens with one attached hydrogen (secondary N) is 1. The van der Waals surface area contributed by atoms with Gasteiger partial charge >= 0.3 is 5.97 Å². The molecule has 0 saturated carbocycles. The summed E-state index contributed by atoms with van der Waals surface area (Å²) in [5.41, 5.74) is 1.46. The summed E-state index contributed by atoms with van der Waals surface area (Å²) in [6, 6.07) is 9.69. The molecule has 0 aliphatic rings. The van der Waals surface area contributed by atoms with Gasteiger partial charge in [0.1, 0.15) is 0 Å². The fourth-order valence-corrected chi connectivity index (χ4v) is 1.60. The molecular formula is C14H12N2O3. The molecule has 0 radical (unpaired) electrons. The van der Waals surface area contributed by atoms with Crippen molar-refractivity contribution in [2.24, 2.45) is 0 Å². The van der Waals surface area contributed by atoms with Gasteiger partial charge in [0.25, 0.3) is 5.91 Å². The molecule has 2 N–H and O–H groups in total. The number of carboxylic acid groups (broad SMARTS) is 1. The highest BCUT2D eigenvalue weighted by molar-refractivity contribution is 5.94. The number of pyridine rings is 1. The minimum absolute atomic E-state index is 0.204. The van der Waals surface area contributed by atoms with Gasteiger partial charge < -0.3 is 10.4 Å². The van der Waals surface area contributed by atoms with Crippen molar-refractivity contribution in [1.82, 2.24) is 10.3 Å². The van der Waals surface area contributed by atoms with Gasteiger partial charge in [-0.15, -0.1) is 0 Å². The summed E-state index contributed by atoms with van der Waals surface area (Å²) in [5, 5.41) is 11.6. The van der Waals surface area contributed by atoms with E-state index in [0.29, 0.717) is 5.56 Å². The van der Waals surface area contributed by atoms with E-state index >= 15 is 0 Å². The first-order chi connectivity index (χ1) is 9.16. The quantitative estimate of drug-likeness (QED) is 0.872. The Kier molecular flexibility index (Phi) is 3.87. The highest BCUT2D eigenvalue weighted by Crippen LogP contribution is 2.05. The van der Waals surface area contributed by atoms with Gasteiger partial charge in [-0.05, 0) is 29.8 Å². The zero-order valence-electron chi connectivity index (χ0n) is 10.0. The van der Waals surface area contributed by atoms with E-state index in [1.54, 1.807) is 36.7 Å². The second kappa shape index (κ2) is 5.77. The number of carboxylic acids is 1. The van der Waals surface area contributed by atoms with Crippen LogP contribution in [0.3, 0.4) is 0 Å². The van der Waals surface area contributed by atoms with Gasteiger partial charge in [0.2, 0.25) is 0 Å². The molecule has 0 bridgehead atoms. The van der Waals surface area contributed by atoms with Crippen molar-refractivity contribution in [2.75, 3.05) is 0 Å². The van der Waals surface area contributed by atoms with E-state index in [0.717, 1.165) is 5.56 Å². The normalized spacial score (nSPS) is 9.89. The predicted molar refractivity (Wildman–Crippen MR) is 68.8 cm³/mol. The number of aromatic nitrogens is 1. The highest BCUT2D eigenvalue weighted by atomic mass is 16.4. The number of nitrogens with zero attached hydrogens (tertiary/aromatic N) is 1. The third kappa shape index (κ3) is 3.38. The second-order valence-corrected chi connectivity index (χ2v) is 3.92. The SMILES string of the molecule is O=C(O)c1cccc(CNC(=O)c2ccncc2)c1. The third-order valence-corrected chi connectivity index (χ3v) is 2.57. The van der Waals surface area contributed by atoms with Gasteiger partial charge in [-0.1, -0.05) is 12.1 Å². The van der Waals surface area contributed by atoms with Crippen LogP contribution in [0.1, 0.15) is 26.3 Å². The van der Waals surface area contributed by atoms with Crippen LogP contribution in [0.25, 0.3) is 0 Å². The molecule has 2 rings (SSSR count). The summed E-state index contributed by atoms with van der Waals surface area (Å²) in [5.74, 6) is -1.20. The summed E-state index contributed by atoms with van der Waals surface area (Å²) < 4.78 is 0. The molecule has 0 aliphatic heterocycles. The summed E-state index contributed by atoms with van der Waals surface area (Å²) >= 11 is 0. The molecule has 2 aromatic rings. The van der Waals surface area contributed by atoms with E-state index in [4.69, 9.17) is 5.11 Å². The minimum Gasteiger partial charge on any atom is -0.478 e. The minimum atomic E-state index is -0.984. The molecule has 0 atom stereocenters. The molecule has 1 aromatic carbocycles. The van der Waals surface area contributed by atoms with Crippen LogP contribution >= 0.6 is 0 Å². The predicted octanol–water partition coefficient (Wildman–Crippen LogP) is 1.71. The van der Waals surface area contributed by atoms with E-state index in [9.17, 15) is 9.59 Å². The van der Waals surface area contributed by atoms with Gasteiger partial charge in [0.15, 0.2) is 0 Å². The molecule has 1 heterocycles. The van der Waals surface area contributed by atoms with Crippen molar-refractivity contribution in [2.45, 2.75) is 6.54 Å². The first-order valence-electron chi connectivity index (χ1n) is 5.67. The monoisotopic (exact) mass is 256 g/mol. The average Bonchev–Trinajstić information content (AvgIpc) is 2.46. The van der Waals surface area contributed by atoms with Crippen molar-refractivity contribution in [3.63, 3.8) is 0 Å². The molecule has 0 saturated heterocycles. The first-order valence-corrected chi connectivity index (χ1v) is 5.67. The summed E-state index contributed by atoms with van der Waals surface area (Å²) in [4.78, 5) is 26.4. The lowest BCUT2D eigenvalue weighted by molar-refractivity contribution is 0.0696. The lowest BCUT2D eigenvalue weighted by atomic mass is 10.1. The molecule has 0 fully saturated rings. The standard InChI is InChI=1S/C14H12N2O3/c17-13(11-4-6-15-7-5-11)16-9-10-2-1-3-12(8-10)14(18)19/h1-8H,9H2,(H,16,17)(H,18,19). The maximum atomic E-state index is 11.8. The summed E-state index contributed by atoms with van der Waals surface area (Å²) in [7, 11) is 0. The van der Waals surface area contributed by atoms with Crippen molar-refractivity contribution in [3.8, 4) is 0 Å². The van der Waals surface area contributed by atoms with Crippen LogP contribution in [0, 0.1) is 0 Å². The third-order valence-electron chi connectivity index (χ3n) is 2.57. The van der Waals surface area contributed by atoms with Crippen LogP contribution in [0.2, 0.25) is 0 Å². The van der Waals surface area contributed by atoms with Crippen LogP contribution in [-0.4, -0.2) is 22.0 Å². The van der Waals surface area contributed by atoms with E-state index in [1.165, 1.54) is 12.1 Å². The molecule has 5 nitrogen and oxygen atoms in total. The van der Waals surface area contributed by atoms with E-state index < -0.39 is 5.97 Å². The zero-order chi connectivity index (χ0) is 13.7. The molecular weight excluding hydrogens is 244 g/mol. The number of benzene rings is 1. The van der Waals surface area contributed by atoms with Crippen LogP contribution in [0.4, 0.5) is 0 Å². The number of carbonyl (C=O) groups excluding carboxylic acids is 1. The first kappa shape index (κ1) is 12.8. The number of aromatic carboxylic acids is 1. The Morgan fingerprint density at radius 3 is 2.53 bits per heavy atom. The Hall–Kier alpha value is -2.69. The largest absolute Gasteiger partial charge is 0.478 e. The Balaban J connectivity index is 2.01. The number of carbonyl (C=O) groups is 2. The van der Waals surface area contributed by atoms with E-state index in [1.807, 2.05) is 0 Å². The lowest BCUT2D eigenvalue weighted by Gasteiger charge is -2.06. The van der Waals surface area contributed by atoms with Crippen molar-refractivity contribution in [1.29, 1.82) is 0 Å². The molecule has 96 valence electrons. The van der Waals surface area contributed by atoms with Gasteiger partial charge in [-0.2, -0.15) is 0 Å². The maximum absolute atomic E-state index is 11.8. The smallest absolute Gasteiger partial charge is 0.335 e. The van der Waals surface area contributed by atoms with Crippen molar-refractivity contribution < 1.29 is 14.7 Å². The number of amides is 1. The van der Waals surface area contributed by atoms with Gasteiger partial charge in [0, 0.05) is 24.5 Å². The summed E-state index contributed by atoms with van der Waals surface area (Å²) in [6.07, 6.45) is 3.08. The Bertz CT molecular complexity index is 597. The maximum Gasteiger partial charge on any atom is 0.335 e. The Morgan fingerprint density at radius 1 is 1.11 bits per heavy atom. The number of hydrogen-bond acceptors (Lipinski definition) is 3. The fraction of sp³-hybridized carbons (Fsp3) is 0.0714. The molecule has 5 heteroatoms. The Labute approximate surface area is 109 Å². The van der Waals surface area contributed by atoms with E-state index in [-0.39, 0.29) is 18.0 Å². The van der Waals surface area contributed by atoms with Crippen LogP contribution < -0.4 is 5.32 Å². The summed E-state index contributed by atoms with van der Waals surface area (Å²) in [6.45, 7) is 0.280. The van der Waals surface area contributed by atoms with Crippen LogP contribution in [0.5, 0.6) is 0 Å². The van der Waals surface area contributed by atoms with Crippen LogP contribution in [-0.2, 0) is 6.54 Å². The van der Waals surface area contributed by atoms with Crippen molar-refractivity contribution in [3.05, 3.63) is 65.5 Å². The van der Waals surface area contributed by atoms with Gasteiger partial charge in [0.05, 0.1) is 5.56 Å². The second-order valence-electron chi connectivity index (χ2n) is 3.92. The number of rotatable bonds is 4. The van der Waals surface area contributed by atoms with Crippen molar-refractivity contribution >= 4 is 11.9 Å². The topological polar surface area (TPSA) is 79.3 Å². The zero-order valence-corrected chi connectivity index (χ0v) is 10.0. The average molecular weight is 256 g/mol. The van der Waals surface area contributed by atoms with Gasteiger partial charge in [-0.3, -0.25) is 9.78 Å². The highest BCUT2D eigenvalue weighted by Gasteiger charge is 2.06. The lowest BCUT2D eigenvalue weighted by Crippen LogP contribution is -2.22. The van der Waals surface area contributed by atoms with E-state index in [2.05, 4.69) is 10.3 Å². The molecule has 1 aromatic heterocycles. The Morgan fingerprint density at radius 2 is 1.84 bits per heavy atom. The molecule has 0 spiro atoms. The number of hydrogen-bond donors (Lipinski definition) is 2. The fourth-order valence-electron chi connectivity index (χ4n) is 1.60. The molecule has 0 unspecified atom stereocenters.